The van der Waals surface area contributed by atoms with Crippen LogP contribution in [-0.4, -0.2) is 19.8 Å². The first-order valence-electron chi connectivity index (χ1n) is 15.4. The summed E-state index contributed by atoms with van der Waals surface area (Å²) in [4.78, 5) is 15.2. The number of nitrogens with zero attached hydrogens (tertiary/aromatic N) is 3. The average molecular weight is 609 g/mol. The fourth-order valence-electron chi connectivity index (χ4n) is 5.93. The quantitative estimate of drug-likeness (QED) is 0.152. The first-order chi connectivity index (χ1) is 20.5. The van der Waals surface area contributed by atoms with E-state index in [1.165, 1.54) is 25.0 Å². The molecule has 0 bridgehead atoms. The Morgan fingerprint density at radius 1 is 0.907 bits per heavy atom. The van der Waals surface area contributed by atoms with Gasteiger partial charge in [-0.2, -0.15) is 18.0 Å². The zero-order valence-corrected chi connectivity index (χ0v) is 26.2. The van der Waals surface area contributed by atoms with Crippen molar-refractivity contribution in [2.75, 3.05) is 0 Å². The van der Waals surface area contributed by atoms with Gasteiger partial charge in [0.2, 0.25) is 0 Å². The molecule has 5 rings (SSSR count). The molecule has 0 saturated heterocycles. The maximum Gasteiger partial charge on any atom is 0.416 e. The fraction of sp³-hybridized carbons (Fsp3) is 0.486. The van der Waals surface area contributed by atoms with Gasteiger partial charge in [-0.1, -0.05) is 82.9 Å². The third-order valence-electron chi connectivity index (χ3n) is 9.08. The summed E-state index contributed by atoms with van der Waals surface area (Å²) in [6.45, 7) is 8.64. The van der Waals surface area contributed by atoms with Crippen LogP contribution in [0.5, 0.6) is 0 Å². The number of hydrogen-bond donors (Lipinski definition) is 0. The Hall–Kier alpha value is -3.00. The Balaban J connectivity index is 1.36. The number of benzene rings is 1. The van der Waals surface area contributed by atoms with Crippen LogP contribution in [0.2, 0.25) is 0 Å². The molecular weight excluding hydrogens is 567 g/mol. The van der Waals surface area contributed by atoms with Gasteiger partial charge < -0.3 is 4.21 Å². The van der Waals surface area contributed by atoms with Gasteiger partial charge in [0.1, 0.15) is 6.33 Å². The van der Waals surface area contributed by atoms with Crippen molar-refractivity contribution in [3.63, 3.8) is 0 Å². The van der Waals surface area contributed by atoms with Gasteiger partial charge in [-0.3, -0.25) is 4.98 Å². The molecule has 2 aliphatic rings. The third kappa shape index (κ3) is 7.94. The minimum absolute atomic E-state index is 0.111. The van der Waals surface area contributed by atoms with Gasteiger partial charge in [0.05, 0.1) is 17.0 Å². The smallest absolute Gasteiger partial charge is 0.416 e. The highest BCUT2D eigenvalue weighted by Crippen LogP contribution is 2.42. The van der Waals surface area contributed by atoms with Crippen LogP contribution in [0, 0.1) is 17.8 Å². The summed E-state index contributed by atoms with van der Waals surface area (Å²) in [6.07, 6.45) is 10.2. The molecule has 2 saturated carbocycles. The predicted molar refractivity (Wildman–Crippen MR) is 167 cm³/mol. The van der Waals surface area contributed by atoms with Crippen LogP contribution in [0.25, 0.3) is 6.08 Å². The van der Waals surface area contributed by atoms with Crippen molar-refractivity contribution in [3.05, 3.63) is 88.6 Å². The molecule has 8 heteroatoms. The van der Waals surface area contributed by atoms with Crippen LogP contribution < -0.4 is 0 Å². The van der Waals surface area contributed by atoms with Crippen LogP contribution in [0.15, 0.2) is 60.0 Å². The second-order valence-electron chi connectivity index (χ2n) is 12.5. The van der Waals surface area contributed by atoms with Gasteiger partial charge in [-0.25, -0.2) is 20.4 Å². The van der Waals surface area contributed by atoms with Crippen LogP contribution in [0.1, 0.15) is 105 Å². The minimum Gasteiger partial charge on any atom is -0.456 e. The van der Waals surface area contributed by atoms with Crippen LogP contribution in [-0.2, 0) is 33.6 Å². The van der Waals surface area contributed by atoms with E-state index in [2.05, 4.69) is 31.8 Å². The van der Waals surface area contributed by atoms with Crippen molar-refractivity contribution in [1.29, 1.82) is 0 Å². The highest BCUT2D eigenvalue weighted by Gasteiger charge is 2.33. The lowest BCUT2D eigenvalue weighted by Crippen LogP contribution is -2.19. The Morgan fingerprint density at radius 2 is 1.56 bits per heavy atom. The molecule has 4 atom stereocenters. The molecule has 43 heavy (non-hydrogen) atoms. The van der Waals surface area contributed by atoms with E-state index in [4.69, 9.17) is 9.97 Å². The van der Waals surface area contributed by atoms with Crippen LogP contribution >= 0.6 is 0 Å². The lowest BCUT2D eigenvalue weighted by Gasteiger charge is -2.28. The molecule has 2 heterocycles. The summed E-state index contributed by atoms with van der Waals surface area (Å²) in [5.74, 6) is 1.46. The number of halogens is 3. The molecule has 0 spiro atoms. The predicted octanol–water partition coefficient (Wildman–Crippen LogP) is 8.96. The number of rotatable bonds is 12. The fourth-order valence-corrected chi connectivity index (χ4v) is 7.04. The molecule has 3 aromatic rings. The molecule has 2 aliphatic carbocycles. The van der Waals surface area contributed by atoms with E-state index < -0.39 is 22.1 Å². The summed E-state index contributed by atoms with van der Waals surface area (Å²) in [7, 11) is -1.08. The number of pyridine rings is 1. The Kier molecular flexibility index (Phi) is 9.74. The summed E-state index contributed by atoms with van der Waals surface area (Å²) in [5, 5.41) is 0.638. The Bertz CT molecular complexity index is 1520. The van der Waals surface area contributed by atoms with Crippen LogP contribution in [0.3, 0.4) is 0 Å². The van der Waals surface area contributed by atoms with E-state index in [1.807, 2.05) is 31.3 Å². The zero-order chi connectivity index (χ0) is 30.7. The van der Waals surface area contributed by atoms with E-state index in [0.717, 1.165) is 58.6 Å². The Morgan fingerprint density at radius 3 is 2.12 bits per heavy atom. The molecule has 0 N–H and O–H groups in total. The van der Waals surface area contributed by atoms with Crippen molar-refractivity contribution >= 4 is 21.3 Å². The lowest BCUT2D eigenvalue weighted by molar-refractivity contribution is -0.137. The summed E-state index contributed by atoms with van der Waals surface area (Å²) in [5.41, 5.74) is 4.49. The van der Waals surface area contributed by atoms with Crippen molar-refractivity contribution < 1.29 is 17.4 Å². The molecule has 2 aromatic heterocycles. The molecule has 4 unspecified atom stereocenters. The zero-order valence-electron chi connectivity index (χ0n) is 25.4. The van der Waals surface area contributed by atoms with Crippen molar-refractivity contribution in [2.24, 2.45) is 17.8 Å². The molecular formula is C35H41F3N3OS-. The number of allylic oxidation sites excluding steroid dienone is 1. The SMILES string of the molecule is CC=Cc1c(C(C)C(C)Cc2ccc([S-](=O)=C3CC3)nc2)ncnc1C(C)C(Cc1ccc(C(F)(F)F)cc1)CC1CC1. The highest BCUT2D eigenvalue weighted by atomic mass is 32.2. The number of aromatic nitrogens is 3. The maximum atomic E-state index is 13.1. The van der Waals surface area contributed by atoms with Gasteiger partial charge in [0, 0.05) is 23.6 Å². The van der Waals surface area contributed by atoms with E-state index in [0.29, 0.717) is 17.4 Å². The van der Waals surface area contributed by atoms with Crippen LogP contribution in [0.4, 0.5) is 13.2 Å². The van der Waals surface area contributed by atoms with Gasteiger partial charge >= 0.3 is 6.18 Å². The highest BCUT2D eigenvalue weighted by molar-refractivity contribution is 7.85. The third-order valence-corrected chi connectivity index (χ3v) is 10.6. The van der Waals surface area contributed by atoms with E-state index in [-0.39, 0.29) is 23.7 Å². The standard InChI is InChI=1S/C35H41F3N3OS/c1-5-6-31-33(23(3)22(2)17-27-11-16-32(39-20-27)43(42)30-14-15-30)40-21-41-34(31)24(4)28(18-25-7-8-25)19-26-9-12-29(13-10-26)35(36,37)38/h5-6,9-13,16,20-25,28H,7-8,14-15,17-19H2,1-4H3/q-1. The first-order valence-corrected chi connectivity index (χ1v) is 16.5. The average Bonchev–Trinajstić information content (AvgIpc) is 3.92. The van der Waals surface area contributed by atoms with E-state index >= 15 is 0 Å². The molecule has 1 aromatic carbocycles. The number of hydrogen-bond acceptors (Lipinski definition) is 5. The minimum atomic E-state index is -4.33. The molecule has 0 radical (unpaired) electrons. The summed E-state index contributed by atoms with van der Waals surface area (Å²) < 4.78 is 51.9. The normalized spacial score (nSPS) is 18.2. The second kappa shape index (κ2) is 13.3. The van der Waals surface area contributed by atoms with E-state index in [9.17, 15) is 17.4 Å². The van der Waals surface area contributed by atoms with Gasteiger partial charge in [-0.15, -0.1) is 0 Å². The van der Waals surface area contributed by atoms with Gasteiger partial charge in [0.25, 0.3) is 0 Å². The largest absolute Gasteiger partial charge is 0.456 e. The Labute approximate surface area is 255 Å². The monoisotopic (exact) mass is 608 g/mol. The molecule has 230 valence electrons. The van der Waals surface area contributed by atoms with Crippen molar-refractivity contribution in [3.8, 4) is 0 Å². The first kappa shape index (κ1) is 31.4. The lowest BCUT2D eigenvalue weighted by atomic mass is 9.79. The molecule has 4 nitrogen and oxygen atoms in total. The van der Waals surface area contributed by atoms with Crippen molar-refractivity contribution in [2.45, 2.75) is 95.7 Å². The van der Waals surface area contributed by atoms with Crippen molar-refractivity contribution in [1.82, 2.24) is 15.0 Å². The number of alkyl halides is 3. The second-order valence-corrected chi connectivity index (χ2v) is 14.0. The van der Waals surface area contributed by atoms with Gasteiger partial charge in [-0.05, 0) is 72.2 Å². The molecule has 2 fully saturated rings. The maximum absolute atomic E-state index is 13.1. The molecule has 0 amide bonds. The summed E-state index contributed by atoms with van der Waals surface area (Å²) >= 11 is 0. The van der Waals surface area contributed by atoms with E-state index in [1.54, 1.807) is 18.5 Å². The van der Waals surface area contributed by atoms with Gasteiger partial charge in [0.15, 0.2) is 0 Å². The summed E-state index contributed by atoms with van der Waals surface area (Å²) in [6, 6.07) is 9.57. The topological polar surface area (TPSA) is 55.7 Å². The molecule has 0 aliphatic heterocycles.